The molecule has 1 atom stereocenters. The number of nitrogens with one attached hydrogen (secondary N) is 1. The molecule has 18 heavy (non-hydrogen) atoms. The fraction of sp³-hybridized carbons (Fsp3) is 0.500. The van der Waals surface area contributed by atoms with E-state index in [0.717, 1.165) is 29.1 Å². The van der Waals surface area contributed by atoms with E-state index in [1.807, 2.05) is 12.1 Å². The molecule has 96 valence electrons. The minimum absolute atomic E-state index is 0.329. The highest BCUT2D eigenvalue weighted by Crippen LogP contribution is 2.23. The first kappa shape index (κ1) is 12.7. The summed E-state index contributed by atoms with van der Waals surface area (Å²) in [7, 11) is 0. The Balaban J connectivity index is 2.57. The van der Waals surface area contributed by atoms with Crippen molar-refractivity contribution in [3.8, 4) is 0 Å². The number of rotatable bonds is 4. The van der Waals surface area contributed by atoms with E-state index in [4.69, 9.17) is 0 Å². The highest BCUT2D eigenvalue weighted by Gasteiger charge is 2.13. The Morgan fingerprint density at radius 2 is 2.00 bits per heavy atom. The minimum Gasteiger partial charge on any atom is -0.366 e. The lowest BCUT2D eigenvalue weighted by molar-refractivity contribution is 0.682. The van der Waals surface area contributed by atoms with Gasteiger partial charge in [0.15, 0.2) is 5.82 Å². The molecule has 2 rings (SSSR count). The molecule has 0 aromatic carbocycles. The molecule has 2 aromatic heterocycles. The van der Waals surface area contributed by atoms with Crippen LogP contribution in [0.1, 0.15) is 45.9 Å². The van der Waals surface area contributed by atoms with Crippen LogP contribution in [0.15, 0.2) is 18.3 Å². The molecule has 2 heterocycles. The van der Waals surface area contributed by atoms with Crippen LogP contribution in [0.2, 0.25) is 0 Å². The van der Waals surface area contributed by atoms with Crippen LogP contribution in [0.4, 0.5) is 5.82 Å². The van der Waals surface area contributed by atoms with E-state index in [0.29, 0.717) is 12.0 Å². The molecule has 4 nitrogen and oxygen atoms in total. The van der Waals surface area contributed by atoms with Crippen molar-refractivity contribution in [3.05, 3.63) is 24.2 Å². The van der Waals surface area contributed by atoms with Gasteiger partial charge in [-0.05, 0) is 32.4 Å². The lowest BCUT2D eigenvalue weighted by atomic mass is 10.1. The van der Waals surface area contributed by atoms with Gasteiger partial charge in [-0.15, -0.1) is 0 Å². The Hall–Kier alpha value is -1.71. The lowest BCUT2D eigenvalue weighted by Gasteiger charge is -2.14. The predicted octanol–water partition coefficient (Wildman–Crippen LogP) is 3.36. The molecule has 2 aromatic rings. The van der Waals surface area contributed by atoms with E-state index in [1.165, 1.54) is 0 Å². The molecule has 0 radical (unpaired) electrons. The zero-order valence-electron chi connectivity index (χ0n) is 11.4. The van der Waals surface area contributed by atoms with Gasteiger partial charge >= 0.3 is 0 Å². The summed E-state index contributed by atoms with van der Waals surface area (Å²) in [6.45, 7) is 8.49. The highest BCUT2D eigenvalue weighted by atomic mass is 15.1. The maximum atomic E-state index is 4.63. The molecule has 0 aliphatic heterocycles. The number of nitrogens with zero attached hydrogens (tertiary/aromatic N) is 3. The predicted molar refractivity (Wildman–Crippen MR) is 74.8 cm³/mol. The molecule has 0 saturated heterocycles. The van der Waals surface area contributed by atoms with Gasteiger partial charge in [-0.25, -0.2) is 9.97 Å². The van der Waals surface area contributed by atoms with Crippen LogP contribution in [-0.2, 0) is 0 Å². The van der Waals surface area contributed by atoms with Gasteiger partial charge in [0.2, 0.25) is 0 Å². The van der Waals surface area contributed by atoms with Gasteiger partial charge in [-0.1, -0.05) is 13.8 Å². The van der Waals surface area contributed by atoms with Crippen LogP contribution in [0, 0.1) is 0 Å². The van der Waals surface area contributed by atoms with Gasteiger partial charge in [0.1, 0.15) is 11.3 Å². The van der Waals surface area contributed by atoms with Crippen molar-refractivity contribution in [2.45, 2.75) is 46.1 Å². The number of hydrogen-bond donors (Lipinski definition) is 1. The zero-order chi connectivity index (χ0) is 13.1. The molecule has 4 heteroatoms. The van der Waals surface area contributed by atoms with Crippen LogP contribution in [0.25, 0.3) is 11.0 Å². The summed E-state index contributed by atoms with van der Waals surface area (Å²) in [5.74, 6) is 2.09. The largest absolute Gasteiger partial charge is 0.366 e. The first-order valence-corrected chi connectivity index (χ1v) is 6.51. The second-order valence-electron chi connectivity index (χ2n) is 4.91. The summed E-state index contributed by atoms with van der Waals surface area (Å²) < 4.78 is 0. The smallest absolute Gasteiger partial charge is 0.156 e. The summed E-state index contributed by atoms with van der Waals surface area (Å²) >= 11 is 0. The molecule has 0 aliphatic rings. The molecule has 0 spiro atoms. The molecule has 1 unspecified atom stereocenters. The topological polar surface area (TPSA) is 50.7 Å². The Morgan fingerprint density at radius 1 is 1.22 bits per heavy atom. The molecule has 0 saturated carbocycles. The molecular formula is C14H20N4. The molecule has 1 N–H and O–H groups in total. The van der Waals surface area contributed by atoms with Crippen molar-refractivity contribution in [2.75, 3.05) is 5.32 Å². The van der Waals surface area contributed by atoms with E-state index >= 15 is 0 Å². The second-order valence-corrected chi connectivity index (χ2v) is 4.91. The van der Waals surface area contributed by atoms with Crippen LogP contribution >= 0.6 is 0 Å². The number of pyridine rings is 1. The van der Waals surface area contributed by atoms with Crippen molar-refractivity contribution in [1.82, 2.24) is 15.0 Å². The van der Waals surface area contributed by atoms with Gasteiger partial charge in [0, 0.05) is 18.2 Å². The third-order valence-corrected chi connectivity index (χ3v) is 2.95. The van der Waals surface area contributed by atoms with Crippen molar-refractivity contribution >= 4 is 16.9 Å². The quantitative estimate of drug-likeness (QED) is 0.896. The van der Waals surface area contributed by atoms with Crippen molar-refractivity contribution in [3.63, 3.8) is 0 Å². The fourth-order valence-electron chi connectivity index (χ4n) is 1.76. The minimum atomic E-state index is 0.329. The summed E-state index contributed by atoms with van der Waals surface area (Å²) in [6.07, 6.45) is 2.81. The van der Waals surface area contributed by atoms with Crippen LogP contribution in [0.5, 0.6) is 0 Å². The summed E-state index contributed by atoms with van der Waals surface area (Å²) in [4.78, 5) is 13.6. The molecule has 0 amide bonds. The second kappa shape index (κ2) is 5.29. The van der Waals surface area contributed by atoms with E-state index in [-0.39, 0.29) is 0 Å². The number of hydrogen-bond acceptors (Lipinski definition) is 4. The van der Waals surface area contributed by atoms with Gasteiger partial charge in [-0.2, -0.15) is 0 Å². The van der Waals surface area contributed by atoms with E-state index in [1.54, 1.807) is 6.20 Å². The summed E-state index contributed by atoms with van der Waals surface area (Å²) in [5, 5.41) is 3.35. The summed E-state index contributed by atoms with van der Waals surface area (Å²) in [5.41, 5.74) is 1.75. The first-order chi connectivity index (χ1) is 8.61. The molecule has 0 bridgehead atoms. The maximum Gasteiger partial charge on any atom is 0.156 e. The SMILES string of the molecule is CCC(C)c1nc(NC(C)C)c2ncccc2n1. The highest BCUT2D eigenvalue weighted by molar-refractivity contribution is 5.84. The van der Waals surface area contributed by atoms with E-state index in [2.05, 4.69) is 48.0 Å². The average molecular weight is 244 g/mol. The first-order valence-electron chi connectivity index (χ1n) is 6.51. The zero-order valence-corrected chi connectivity index (χ0v) is 11.4. The standard InChI is InChI=1S/C14H20N4/c1-5-10(4)13-17-11-7-6-8-15-12(11)14(18-13)16-9(2)3/h6-10H,5H2,1-4H3,(H,16,17,18). The van der Waals surface area contributed by atoms with Crippen molar-refractivity contribution < 1.29 is 0 Å². The lowest BCUT2D eigenvalue weighted by Crippen LogP contribution is -2.14. The van der Waals surface area contributed by atoms with Crippen LogP contribution in [0.3, 0.4) is 0 Å². The van der Waals surface area contributed by atoms with Gasteiger partial charge in [-0.3, -0.25) is 4.98 Å². The Labute approximate surface area is 108 Å². The molecular weight excluding hydrogens is 224 g/mol. The van der Waals surface area contributed by atoms with Crippen LogP contribution < -0.4 is 5.32 Å². The van der Waals surface area contributed by atoms with Gasteiger partial charge in [0.05, 0.1) is 5.52 Å². The molecule has 0 aliphatic carbocycles. The Kier molecular flexibility index (Phi) is 3.75. The number of anilines is 1. The normalized spacial score (nSPS) is 12.9. The van der Waals surface area contributed by atoms with E-state index in [9.17, 15) is 0 Å². The maximum absolute atomic E-state index is 4.63. The third-order valence-electron chi connectivity index (χ3n) is 2.95. The molecule has 0 fully saturated rings. The number of fused-ring (bicyclic) bond motifs is 1. The van der Waals surface area contributed by atoms with E-state index < -0.39 is 0 Å². The van der Waals surface area contributed by atoms with Crippen LogP contribution in [-0.4, -0.2) is 21.0 Å². The summed E-state index contributed by atoms with van der Waals surface area (Å²) in [6, 6.07) is 4.23. The Bertz CT molecular complexity index is 536. The monoisotopic (exact) mass is 244 g/mol. The fourth-order valence-corrected chi connectivity index (χ4v) is 1.76. The third kappa shape index (κ3) is 2.58. The van der Waals surface area contributed by atoms with Crippen molar-refractivity contribution in [2.24, 2.45) is 0 Å². The average Bonchev–Trinajstić information content (AvgIpc) is 2.37. The van der Waals surface area contributed by atoms with Gasteiger partial charge in [0.25, 0.3) is 0 Å². The van der Waals surface area contributed by atoms with Gasteiger partial charge < -0.3 is 5.32 Å². The number of aromatic nitrogens is 3. The van der Waals surface area contributed by atoms with Crippen molar-refractivity contribution in [1.29, 1.82) is 0 Å². The Morgan fingerprint density at radius 3 is 2.67 bits per heavy atom.